The Hall–Kier alpha value is -3.17. The van der Waals surface area contributed by atoms with Gasteiger partial charge < -0.3 is 4.74 Å². The van der Waals surface area contributed by atoms with Crippen LogP contribution in [-0.2, 0) is 16.6 Å². The normalized spacial score (nSPS) is 14.6. The van der Waals surface area contributed by atoms with Gasteiger partial charge in [-0.2, -0.15) is 0 Å². The highest BCUT2D eigenvalue weighted by atomic mass is 32.2. The molecule has 0 spiro atoms. The van der Waals surface area contributed by atoms with Crippen molar-refractivity contribution in [1.29, 1.82) is 0 Å². The Morgan fingerprint density at radius 1 is 1.03 bits per heavy atom. The quantitative estimate of drug-likeness (QED) is 0.585. The second-order valence-corrected chi connectivity index (χ2v) is 9.24. The average molecular weight is 442 g/mol. The summed E-state index contributed by atoms with van der Waals surface area (Å²) in [5.74, 6) is 0.550. The van der Waals surface area contributed by atoms with Gasteiger partial charge in [-0.25, -0.2) is 17.9 Å². The summed E-state index contributed by atoms with van der Waals surface area (Å²) >= 11 is 0. The van der Waals surface area contributed by atoms with E-state index >= 15 is 0 Å². The monoisotopic (exact) mass is 441 g/mol. The lowest BCUT2D eigenvalue weighted by Gasteiger charge is -2.14. The number of ether oxygens (including phenoxy) is 1. The van der Waals surface area contributed by atoms with E-state index in [0.29, 0.717) is 17.0 Å². The molecule has 31 heavy (non-hydrogen) atoms. The van der Waals surface area contributed by atoms with Crippen molar-refractivity contribution in [3.63, 3.8) is 0 Å². The molecule has 1 aromatic heterocycles. The molecule has 0 saturated heterocycles. The van der Waals surface area contributed by atoms with Crippen molar-refractivity contribution >= 4 is 10.0 Å². The number of nitrogens with one attached hydrogen (secondary N) is 2. The standard InChI is InChI=1S/C22H23N3O5S/c26-21-11-12-25(22(27)24-21)17-6-3-5-16(13-17)15-23-31(28,29)20-10-4-9-19(14-20)30-18-7-1-2-8-18/h3-6,9-14,18,23H,1-2,7-8,15H2,(H,24,26,27). The highest BCUT2D eigenvalue weighted by Gasteiger charge is 2.19. The van der Waals surface area contributed by atoms with Gasteiger partial charge in [0.25, 0.3) is 5.56 Å². The lowest BCUT2D eigenvalue weighted by molar-refractivity contribution is 0.209. The third-order valence-electron chi connectivity index (χ3n) is 5.20. The summed E-state index contributed by atoms with van der Waals surface area (Å²) in [4.78, 5) is 25.6. The van der Waals surface area contributed by atoms with Gasteiger partial charge in [-0.15, -0.1) is 0 Å². The number of hydrogen-bond acceptors (Lipinski definition) is 5. The Morgan fingerprint density at radius 3 is 2.58 bits per heavy atom. The van der Waals surface area contributed by atoms with Crippen molar-refractivity contribution in [2.75, 3.05) is 0 Å². The van der Waals surface area contributed by atoms with E-state index in [-0.39, 0.29) is 17.5 Å². The molecule has 1 saturated carbocycles. The molecule has 3 aromatic rings. The Labute approximate surface area is 179 Å². The second-order valence-electron chi connectivity index (χ2n) is 7.47. The average Bonchev–Trinajstić information content (AvgIpc) is 3.26. The van der Waals surface area contributed by atoms with Gasteiger partial charge in [0.2, 0.25) is 10.0 Å². The summed E-state index contributed by atoms with van der Waals surface area (Å²) < 4.78 is 35.3. The third kappa shape index (κ3) is 5.12. The molecule has 1 fully saturated rings. The molecule has 2 aromatic carbocycles. The maximum atomic E-state index is 12.8. The Kier molecular flexibility index (Phi) is 6.06. The van der Waals surface area contributed by atoms with Gasteiger partial charge in [0.15, 0.2) is 0 Å². The van der Waals surface area contributed by atoms with Gasteiger partial charge in [-0.3, -0.25) is 14.3 Å². The summed E-state index contributed by atoms with van der Waals surface area (Å²) in [5, 5.41) is 0. The molecule has 9 heteroatoms. The number of aromatic amines is 1. The van der Waals surface area contributed by atoms with E-state index in [2.05, 4.69) is 9.71 Å². The molecule has 0 bridgehead atoms. The highest BCUT2D eigenvalue weighted by molar-refractivity contribution is 7.89. The fourth-order valence-electron chi connectivity index (χ4n) is 3.61. The zero-order valence-corrected chi connectivity index (χ0v) is 17.6. The maximum Gasteiger partial charge on any atom is 0.332 e. The van der Waals surface area contributed by atoms with Crippen molar-refractivity contribution in [3.8, 4) is 11.4 Å². The lowest BCUT2D eigenvalue weighted by Crippen LogP contribution is -2.27. The van der Waals surface area contributed by atoms with Crippen molar-refractivity contribution < 1.29 is 13.2 Å². The highest BCUT2D eigenvalue weighted by Crippen LogP contribution is 2.25. The van der Waals surface area contributed by atoms with Crippen LogP contribution in [0, 0.1) is 0 Å². The minimum absolute atomic E-state index is 0.0436. The lowest BCUT2D eigenvalue weighted by atomic mass is 10.2. The minimum Gasteiger partial charge on any atom is -0.490 e. The largest absolute Gasteiger partial charge is 0.490 e. The van der Waals surface area contributed by atoms with Crippen LogP contribution in [0.15, 0.2) is 75.3 Å². The van der Waals surface area contributed by atoms with Crippen LogP contribution >= 0.6 is 0 Å². The third-order valence-corrected chi connectivity index (χ3v) is 6.60. The van der Waals surface area contributed by atoms with Crippen LogP contribution < -0.4 is 20.7 Å². The number of rotatable bonds is 7. The minimum atomic E-state index is -3.75. The zero-order valence-electron chi connectivity index (χ0n) is 16.8. The summed E-state index contributed by atoms with van der Waals surface area (Å²) in [7, 11) is -3.75. The van der Waals surface area contributed by atoms with Crippen LogP contribution in [0.3, 0.4) is 0 Å². The van der Waals surface area contributed by atoms with Crippen molar-refractivity contribution in [2.45, 2.75) is 43.2 Å². The van der Waals surface area contributed by atoms with E-state index in [1.165, 1.54) is 29.0 Å². The first-order chi connectivity index (χ1) is 14.9. The fraction of sp³-hybridized carbons (Fsp3) is 0.273. The molecule has 8 nitrogen and oxygen atoms in total. The molecule has 0 radical (unpaired) electrons. The molecule has 0 aliphatic heterocycles. The van der Waals surface area contributed by atoms with Gasteiger partial charge in [0, 0.05) is 24.9 Å². The van der Waals surface area contributed by atoms with Crippen molar-refractivity contribution in [3.05, 3.63) is 87.2 Å². The Bertz CT molecular complexity index is 1290. The Balaban J connectivity index is 1.48. The van der Waals surface area contributed by atoms with Crippen LogP contribution in [0.4, 0.5) is 0 Å². The van der Waals surface area contributed by atoms with Crippen LogP contribution in [-0.4, -0.2) is 24.1 Å². The first-order valence-corrected chi connectivity index (χ1v) is 11.6. The number of benzene rings is 2. The van der Waals surface area contributed by atoms with E-state index in [1.54, 1.807) is 36.4 Å². The van der Waals surface area contributed by atoms with Crippen molar-refractivity contribution in [1.82, 2.24) is 14.3 Å². The van der Waals surface area contributed by atoms with Crippen molar-refractivity contribution in [2.24, 2.45) is 0 Å². The number of sulfonamides is 1. The summed E-state index contributed by atoms with van der Waals surface area (Å²) in [5.41, 5.74) is 0.135. The number of hydrogen-bond donors (Lipinski definition) is 2. The molecule has 162 valence electrons. The summed E-state index contributed by atoms with van der Waals surface area (Å²) in [6.45, 7) is 0.0436. The molecule has 0 atom stereocenters. The Morgan fingerprint density at radius 2 is 1.81 bits per heavy atom. The molecule has 0 unspecified atom stereocenters. The molecule has 0 amide bonds. The molecule has 1 aliphatic carbocycles. The molecule has 2 N–H and O–H groups in total. The SMILES string of the molecule is O=c1ccn(-c2cccc(CNS(=O)(=O)c3cccc(OC4CCCC4)c3)c2)c(=O)[nH]1. The second kappa shape index (κ2) is 8.91. The summed E-state index contributed by atoms with van der Waals surface area (Å²) in [6.07, 6.45) is 5.77. The molecular weight excluding hydrogens is 418 g/mol. The summed E-state index contributed by atoms with van der Waals surface area (Å²) in [6, 6.07) is 14.6. The first-order valence-electron chi connectivity index (χ1n) is 10.1. The van der Waals surface area contributed by atoms with Gasteiger partial charge in [-0.1, -0.05) is 18.2 Å². The maximum absolute atomic E-state index is 12.8. The van der Waals surface area contributed by atoms with E-state index in [4.69, 9.17) is 4.74 Å². The van der Waals surface area contributed by atoms with Crippen LogP contribution in [0.1, 0.15) is 31.2 Å². The fourth-order valence-corrected chi connectivity index (χ4v) is 4.66. The topological polar surface area (TPSA) is 110 Å². The van der Waals surface area contributed by atoms with E-state index in [0.717, 1.165) is 25.7 Å². The molecular formula is C22H23N3O5S. The van der Waals surface area contributed by atoms with E-state index < -0.39 is 21.3 Å². The molecule has 1 aliphatic rings. The van der Waals surface area contributed by atoms with E-state index in [1.807, 2.05) is 0 Å². The first kappa shape index (κ1) is 21.1. The number of aromatic nitrogens is 2. The predicted octanol–water partition coefficient (Wildman–Crippen LogP) is 2.33. The molecule has 1 heterocycles. The van der Waals surface area contributed by atoms with Crippen LogP contribution in [0.2, 0.25) is 0 Å². The van der Waals surface area contributed by atoms with E-state index in [9.17, 15) is 18.0 Å². The predicted molar refractivity (Wildman–Crippen MR) is 116 cm³/mol. The van der Waals surface area contributed by atoms with Crippen LogP contribution in [0.5, 0.6) is 5.75 Å². The molecule has 4 rings (SSSR count). The van der Waals surface area contributed by atoms with Gasteiger partial charge in [-0.05, 0) is 55.5 Å². The zero-order chi connectivity index (χ0) is 21.8. The van der Waals surface area contributed by atoms with Crippen LogP contribution in [0.25, 0.3) is 5.69 Å². The number of nitrogens with zero attached hydrogens (tertiary/aromatic N) is 1. The van der Waals surface area contributed by atoms with Gasteiger partial charge in [0.1, 0.15) is 5.75 Å². The smallest absolute Gasteiger partial charge is 0.332 e. The van der Waals surface area contributed by atoms with Gasteiger partial charge in [0.05, 0.1) is 16.7 Å². The van der Waals surface area contributed by atoms with Gasteiger partial charge >= 0.3 is 5.69 Å². The number of H-pyrrole nitrogens is 1.